The zero-order valence-electron chi connectivity index (χ0n) is 16.9. The first-order chi connectivity index (χ1) is 14.7. The largest absolute Gasteiger partial charge is 0.478 e. The Bertz CT molecular complexity index is 1090. The van der Waals surface area contributed by atoms with Gasteiger partial charge in [-0.3, -0.25) is 9.52 Å². The Morgan fingerprint density at radius 3 is 2.71 bits per heavy atom. The summed E-state index contributed by atoms with van der Waals surface area (Å²) in [5, 5.41) is 9.33. The monoisotopic (exact) mass is 450 g/mol. The minimum atomic E-state index is -4.18. The Kier molecular flexibility index (Phi) is 6.79. The van der Waals surface area contributed by atoms with E-state index in [1.54, 1.807) is 6.92 Å². The summed E-state index contributed by atoms with van der Waals surface area (Å²) in [7, 11) is -4.18. The fourth-order valence-electron chi connectivity index (χ4n) is 3.51. The molecule has 0 spiro atoms. The van der Waals surface area contributed by atoms with Crippen molar-refractivity contribution >= 4 is 33.3 Å². The van der Waals surface area contributed by atoms with Crippen molar-refractivity contribution in [3.63, 3.8) is 0 Å². The van der Waals surface area contributed by atoms with E-state index < -0.39 is 21.8 Å². The van der Waals surface area contributed by atoms with Crippen molar-refractivity contribution < 1.29 is 32.2 Å². The standard InChI is InChI=1S/C21H23FN2O6S/c1-2-30-21(27)15-5-4-10-24(13-15)19-9-8-14(20(25)26)11-18(19)23-31(28,29)17-7-3-6-16(22)12-17/h3,6-9,11-12,15,23H,2,4-5,10,13H2,1H3,(H,25,26)/t15-/m1/s1. The van der Waals surface area contributed by atoms with Gasteiger partial charge < -0.3 is 14.7 Å². The van der Waals surface area contributed by atoms with Crippen molar-refractivity contribution in [1.29, 1.82) is 0 Å². The molecule has 8 nitrogen and oxygen atoms in total. The minimum Gasteiger partial charge on any atom is -0.478 e. The number of nitrogens with zero attached hydrogens (tertiary/aromatic N) is 1. The molecule has 2 aromatic carbocycles. The van der Waals surface area contributed by atoms with Crippen LogP contribution in [0.5, 0.6) is 0 Å². The second kappa shape index (κ2) is 9.34. The summed E-state index contributed by atoms with van der Waals surface area (Å²) in [5.41, 5.74) is 0.354. The van der Waals surface area contributed by atoms with Gasteiger partial charge in [0.2, 0.25) is 0 Å². The molecule has 166 valence electrons. The number of esters is 1. The van der Waals surface area contributed by atoms with Gasteiger partial charge in [-0.15, -0.1) is 0 Å². The van der Waals surface area contributed by atoms with Crippen LogP contribution in [0.3, 0.4) is 0 Å². The summed E-state index contributed by atoms with van der Waals surface area (Å²) in [6.45, 7) is 2.85. The van der Waals surface area contributed by atoms with Gasteiger partial charge in [0.15, 0.2) is 0 Å². The van der Waals surface area contributed by atoms with E-state index in [0.717, 1.165) is 12.1 Å². The van der Waals surface area contributed by atoms with E-state index >= 15 is 0 Å². The number of hydrogen-bond acceptors (Lipinski definition) is 6. The van der Waals surface area contributed by atoms with Crippen LogP contribution in [-0.4, -0.2) is 45.2 Å². The molecule has 1 atom stereocenters. The van der Waals surface area contributed by atoms with Crippen molar-refractivity contribution in [2.45, 2.75) is 24.7 Å². The molecule has 1 fully saturated rings. The third kappa shape index (κ3) is 5.32. The van der Waals surface area contributed by atoms with Crippen molar-refractivity contribution in [2.75, 3.05) is 29.3 Å². The number of aromatic carboxylic acids is 1. The number of ether oxygens (including phenoxy) is 1. The molecule has 2 aromatic rings. The van der Waals surface area contributed by atoms with E-state index in [2.05, 4.69) is 4.72 Å². The number of carbonyl (C=O) groups excluding carboxylic acids is 1. The maximum atomic E-state index is 13.5. The Morgan fingerprint density at radius 2 is 2.03 bits per heavy atom. The molecule has 3 rings (SSSR count). The van der Waals surface area contributed by atoms with Gasteiger partial charge in [-0.05, 0) is 56.2 Å². The minimum absolute atomic E-state index is 0.0358. The van der Waals surface area contributed by atoms with Crippen molar-refractivity contribution in [3.05, 3.63) is 53.8 Å². The number of carboxylic acid groups (broad SMARTS) is 1. The summed E-state index contributed by atoms with van der Waals surface area (Å²) in [4.78, 5) is 25.1. The Balaban J connectivity index is 1.96. The van der Waals surface area contributed by atoms with E-state index in [0.29, 0.717) is 31.6 Å². The Hall–Kier alpha value is -3.14. The zero-order valence-corrected chi connectivity index (χ0v) is 17.7. The molecule has 10 heteroatoms. The van der Waals surface area contributed by atoms with E-state index in [9.17, 15) is 27.5 Å². The highest BCUT2D eigenvalue weighted by Gasteiger charge is 2.29. The fraction of sp³-hybridized carbons (Fsp3) is 0.333. The first-order valence-corrected chi connectivity index (χ1v) is 11.3. The van der Waals surface area contributed by atoms with Crippen molar-refractivity contribution in [1.82, 2.24) is 0 Å². The molecule has 0 saturated carbocycles. The Morgan fingerprint density at radius 1 is 1.26 bits per heavy atom. The maximum absolute atomic E-state index is 13.5. The van der Waals surface area contributed by atoms with Gasteiger partial charge in [0.1, 0.15) is 5.82 Å². The summed E-state index contributed by atoms with van der Waals surface area (Å²) < 4.78 is 46.6. The van der Waals surface area contributed by atoms with Crippen LogP contribution in [0, 0.1) is 11.7 Å². The number of benzene rings is 2. The number of nitrogens with one attached hydrogen (secondary N) is 1. The highest BCUT2D eigenvalue weighted by atomic mass is 32.2. The molecule has 2 N–H and O–H groups in total. The number of piperidine rings is 1. The molecule has 0 aromatic heterocycles. The predicted octanol–water partition coefficient (Wildman–Crippen LogP) is 3.10. The molecule has 1 aliphatic rings. The highest BCUT2D eigenvalue weighted by Crippen LogP contribution is 2.33. The van der Waals surface area contributed by atoms with Gasteiger partial charge in [-0.1, -0.05) is 6.07 Å². The SMILES string of the molecule is CCOC(=O)[C@@H]1CCCN(c2ccc(C(=O)O)cc2NS(=O)(=O)c2cccc(F)c2)C1. The van der Waals surface area contributed by atoms with Crippen LogP contribution in [0.15, 0.2) is 47.4 Å². The zero-order chi connectivity index (χ0) is 22.6. The predicted molar refractivity (Wildman–Crippen MR) is 112 cm³/mol. The lowest BCUT2D eigenvalue weighted by Crippen LogP contribution is -2.39. The average molecular weight is 450 g/mol. The second-order valence-corrected chi connectivity index (χ2v) is 8.82. The molecule has 1 saturated heterocycles. The van der Waals surface area contributed by atoms with Crippen molar-refractivity contribution in [2.24, 2.45) is 5.92 Å². The number of carbonyl (C=O) groups is 2. The highest BCUT2D eigenvalue weighted by molar-refractivity contribution is 7.92. The van der Waals surface area contributed by atoms with Gasteiger partial charge in [0.25, 0.3) is 10.0 Å². The summed E-state index contributed by atoms with van der Waals surface area (Å²) in [5.74, 6) is -2.63. The smallest absolute Gasteiger partial charge is 0.335 e. The van der Waals surface area contributed by atoms with Crippen LogP contribution in [-0.2, 0) is 19.6 Å². The van der Waals surface area contributed by atoms with E-state index in [1.165, 1.54) is 30.3 Å². The second-order valence-electron chi connectivity index (χ2n) is 7.14. The summed E-state index contributed by atoms with van der Waals surface area (Å²) in [6, 6.07) is 8.59. The molecular formula is C21H23FN2O6S. The third-order valence-corrected chi connectivity index (χ3v) is 6.34. The quantitative estimate of drug-likeness (QED) is 0.623. The molecular weight excluding hydrogens is 427 g/mol. The van der Waals surface area contributed by atoms with E-state index in [1.807, 2.05) is 4.90 Å². The average Bonchev–Trinajstić information content (AvgIpc) is 2.73. The van der Waals surface area contributed by atoms with Gasteiger partial charge in [-0.25, -0.2) is 17.6 Å². The van der Waals surface area contributed by atoms with E-state index in [4.69, 9.17) is 4.74 Å². The number of sulfonamides is 1. The van der Waals surface area contributed by atoms with Crippen LogP contribution in [0.2, 0.25) is 0 Å². The van der Waals surface area contributed by atoms with Crippen LogP contribution >= 0.6 is 0 Å². The molecule has 0 radical (unpaired) electrons. The summed E-state index contributed by atoms with van der Waals surface area (Å²) in [6.07, 6.45) is 1.33. The van der Waals surface area contributed by atoms with Gasteiger partial charge in [0.05, 0.1) is 34.4 Å². The van der Waals surface area contributed by atoms with Gasteiger partial charge in [-0.2, -0.15) is 0 Å². The number of anilines is 2. The van der Waals surface area contributed by atoms with Crippen LogP contribution in [0.4, 0.5) is 15.8 Å². The molecule has 1 aliphatic heterocycles. The van der Waals surface area contributed by atoms with Gasteiger partial charge in [0, 0.05) is 13.1 Å². The normalized spacial score (nSPS) is 16.6. The number of carboxylic acids is 1. The maximum Gasteiger partial charge on any atom is 0.335 e. The lowest BCUT2D eigenvalue weighted by atomic mass is 9.97. The molecule has 0 bridgehead atoms. The molecule has 1 heterocycles. The van der Waals surface area contributed by atoms with Crippen LogP contribution < -0.4 is 9.62 Å². The van der Waals surface area contributed by atoms with E-state index in [-0.39, 0.29) is 34.6 Å². The fourth-order valence-corrected chi connectivity index (χ4v) is 4.61. The third-order valence-electron chi connectivity index (χ3n) is 4.98. The lowest BCUT2D eigenvalue weighted by molar-refractivity contribution is -0.148. The topological polar surface area (TPSA) is 113 Å². The summed E-state index contributed by atoms with van der Waals surface area (Å²) >= 11 is 0. The van der Waals surface area contributed by atoms with Crippen LogP contribution in [0.25, 0.3) is 0 Å². The number of rotatable bonds is 7. The number of hydrogen-bond donors (Lipinski definition) is 2. The molecule has 31 heavy (non-hydrogen) atoms. The Labute approximate surface area is 179 Å². The first kappa shape index (κ1) is 22.5. The number of halogens is 1. The van der Waals surface area contributed by atoms with Gasteiger partial charge >= 0.3 is 11.9 Å². The lowest BCUT2D eigenvalue weighted by Gasteiger charge is -2.34. The van der Waals surface area contributed by atoms with Crippen LogP contribution in [0.1, 0.15) is 30.1 Å². The molecule has 0 unspecified atom stereocenters. The van der Waals surface area contributed by atoms with Crippen molar-refractivity contribution in [3.8, 4) is 0 Å². The molecule has 0 aliphatic carbocycles. The molecule has 0 amide bonds. The first-order valence-electron chi connectivity index (χ1n) is 9.78.